The molecule has 0 saturated carbocycles. The van der Waals surface area contributed by atoms with E-state index in [1.807, 2.05) is 22.7 Å². The number of thiophene rings is 4. The number of aromatic nitrogens is 2. The van der Waals surface area contributed by atoms with Gasteiger partial charge in [-0.3, -0.25) is 9.59 Å². The van der Waals surface area contributed by atoms with E-state index in [0.29, 0.717) is 0 Å². The van der Waals surface area contributed by atoms with Gasteiger partial charge >= 0.3 is 0 Å². The van der Waals surface area contributed by atoms with E-state index in [0.717, 1.165) is 158 Å². The maximum atomic E-state index is 16.1. The summed E-state index contributed by atoms with van der Waals surface area (Å²) in [6.45, 7) is 21.4. The molecular weight excluding hydrogens is 1310 g/mol. The second-order valence-corrected chi connectivity index (χ2v) is 36.0. The first kappa shape index (κ1) is 82.3. The van der Waals surface area contributed by atoms with Gasteiger partial charge in [-0.05, 0) is 101 Å². The average Bonchev–Trinajstić information content (AvgIpc) is 1.55. The first-order chi connectivity index (χ1) is 48.1. The van der Waals surface area contributed by atoms with Crippen molar-refractivity contribution in [1.29, 1.82) is 0 Å². The van der Waals surface area contributed by atoms with Crippen LogP contribution in [0.25, 0.3) is 59.4 Å². The van der Waals surface area contributed by atoms with Crippen LogP contribution in [0.2, 0.25) is 0 Å². The van der Waals surface area contributed by atoms with Crippen LogP contribution in [0.3, 0.4) is 0 Å². The lowest BCUT2D eigenvalue weighted by Gasteiger charge is -2.26. The summed E-state index contributed by atoms with van der Waals surface area (Å²) in [5, 5.41) is 4.18. The average molecular weight is 1450 g/mol. The molecule has 0 atom stereocenters. The number of unbranched alkanes of at least 4 members (excludes halogenated alkanes) is 42. The predicted octanol–water partition coefficient (Wildman–Crippen LogP) is 30.7. The van der Waals surface area contributed by atoms with E-state index in [-0.39, 0.29) is 11.8 Å². The molecule has 12 heteroatoms. The number of rotatable bonds is 59. The maximum absolute atomic E-state index is 16.1. The van der Waals surface area contributed by atoms with Gasteiger partial charge < -0.3 is 9.80 Å². The summed E-state index contributed by atoms with van der Waals surface area (Å²) in [5.74, 6) is 0.318. The fourth-order valence-electron chi connectivity index (χ4n) is 14.7. The van der Waals surface area contributed by atoms with Crippen molar-refractivity contribution in [2.45, 2.75) is 376 Å². The largest absolute Gasteiger partial charge is 0.339 e. The minimum Gasteiger partial charge on any atom is -0.339 e. The van der Waals surface area contributed by atoms with Crippen LogP contribution >= 0.6 is 68.0 Å². The molecule has 0 N–H and O–H groups in total. The third kappa shape index (κ3) is 27.6. The summed E-state index contributed by atoms with van der Waals surface area (Å²) in [7, 11) is 0. The van der Waals surface area contributed by atoms with Gasteiger partial charge in [0.2, 0.25) is 0 Å². The number of carbonyl (C=O) groups excluding carboxylic acids is 2. The van der Waals surface area contributed by atoms with Crippen molar-refractivity contribution in [2.75, 3.05) is 26.2 Å². The number of hydrogen-bond donors (Lipinski definition) is 0. The summed E-state index contributed by atoms with van der Waals surface area (Å²) in [4.78, 5) is 57.3. The Hall–Kier alpha value is -3.00. The zero-order chi connectivity index (χ0) is 69.4. The number of benzene rings is 1. The van der Waals surface area contributed by atoms with Crippen molar-refractivity contribution < 1.29 is 9.59 Å². The lowest BCUT2D eigenvalue weighted by Crippen LogP contribution is -2.34. The van der Waals surface area contributed by atoms with E-state index in [2.05, 4.69) is 89.5 Å². The van der Waals surface area contributed by atoms with E-state index in [1.54, 1.807) is 45.3 Å². The van der Waals surface area contributed by atoms with E-state index in [9.17, 15) is 0 Å². The fourth-order valence-corrected chi connectivity index (χ4v) is 21.6. The molecule has 0 unspecified atom stereocenters. The zero-order valence-corrected chi connectivity index (χ0v) is 68.4. The first-order valence-corrected chi connectivity index (χ1v) is 46.1. The monoisotopic (exact) mass is 1450 g/mol. The maximum Gasteiger partial charge on any atom is 0.255 e. The van der Waals surface area contributed by atoms with Gasteiger partial charge in [0.25, 0.3) is 11.8 Å². The Kier molecular flexibility index (Phi) is 41.0. The number of carbonyl (C=O) groups is 2. The highest BCUT2D eigenvalue weighted by Crippen LogP contribution is 2.50. The van der Waals surface area contributed by atoms with Gasteiger partial charge in [0, 0.05) is 65.9 Å². The normalized spacial score (nSPS) is 11.9. The third-order valence-corrected chi connectivity index (χ3v) is 27.7. The number of nitrogens with zero attached hydrogens (tertiary/aromatic N) is 4. The molecule has 0 aliphatic carbocycles. The van der Waals surface area contributed by atoms with Gasteiger partial charge in [0.05, 0.1) is 20.9 Å². The molecule has 0 fully saturated rings. The van der Waals surface area contributed by atoms with E-state index >= 15 is 9.59 Å². The van der Waals surface area contributed by atoms with Crippen molar-refractivity contribution in [2.24, 2.45) is 0 Å². The number of amides is 2. The van der Waals surface area contributed by atoms with Crippen LogP contribution in [0, 0.1) is 13.8 Å². The standard InChI is InChI=1S/C86H136N4O2S6/c1-9-15-21-27-33-35-37-39-41-43-45-51-57-69-63-67(7)93-77(69)81-87-83-84(97-81)88-82(98-83)78-70(58-52-46-44-42-40-38-36-34-28-22-16-10-2)65-73(95-78)74-66-72-76(86(92)90(61-55-49-31-25-19-13-5)62-56-50-32-26-20-14-6)79-71(64-68(8)94-79)75(80(72)96-74)85(91)89(59-53-47-29-23-17-11-3)60-54-48-30-24-18-12-4/h63-66H,9-62H2,1-8H3. The molecule has 6 heterocycles. The number of hydrogen-bond acceptors (Lipinski definition) is 10. The highest BCUT2D eigenvalue weighted by atomic mass is 32.1. The Balaban J connectivity index is 1.25. The van der Waals surface area contributed by atoms with Crippen LogP contribution in [0.4, 0.5) is 0 Å². The molecule has 7 aromatic rings. The van der Waals surface area contributed by atoms with Crippen LogP contribution in [-0.2, 0) is 12.8 Å². The van der Waals surface area contributed by atoms with Crippen molar-refractivity contribution in [3.63, 3.8) is 0 Å². The molecule has 0 aliphatic heterocycles. The fraction of sp³-hybridized carbons (Fsp3) is 0.721. The van der Waals surface area contributed by atoms with Gasteiger partial charge in [-0.25, -0.2) is 9.97 Å². The summed E-state index contributed by atoms with van der Waals surface area (Å²) in [5.41, 5.74) is 4.51. The minimum absolute atomic E-state index is 0.159. The molecule has 548 valence electrons. The van der Waals surface area contributed by atoms with Gasteiger partial charge in [0.15, 0.2) is 9.66 Å². The van der Waals surface area contributed by atoms with Gasteiger partial charge in [-0.2, -0.15) is 0 Å². The molecule has 1 aromatic carbocycles. The van der Waals surface area contributed by atoms with Crippen molar-refractivity contribution in [1.82, 2.24) is 19.8 Å². The van der Waals surface area contributed by atoms with Crippen molar-refractivity contribution in [3.05, 3.63) is 56.3 Å². The van der Waals surface area contributed by atoms with Crippen LogP contribution in [0.15, 0.2) is 24.3 Å². The highest BCUT2D eigenvalue weighted by molar-refractivity contribution is 7.33. The number of aryl methyl sites for hydroxylation is 4. The molecule has 0 saturated heterocycles. The van der Waals surface area contributed by atoms with Crippen LogP contribution in [0.1, 0.15) is 391 Å². The molecular formula is C86H136N4O2S6. The molecule has 98 heavy (non-hydrogen) atoms. The molecule has 0 bridgehead atoms. The number of thiazole rings is 2. The smallest absolute Gasteiger partial charge is 0.255 e. The second kappa shape index (κ2) is 48.9. The summed E-state index contributed by atoms with van der Waals surface area (Å²) in [6, 6.07) is 9.57. The van der Waals surface area contributed by atoms with E-state index in [1.165, 1.54) is 281 Å². The molecule has 6 aromatic heterocycles. The lowest BCUT2D eigenvalue weighted by atomic mass is 9.99. The molecule has 2 amide bonds. The molecule has 0 radical (unpaired) electrons. The summed E-state index contributed by atoms with van der Waals surface area (Å²) < 4.78 is 2.01. The van der Waals surface area contributed by atoms with Crippen molar-refractivity contribution >= 4 is 110 Å². The quantitative estimate of drug-likeness (QED) is 0.0356. The van der Waals surface area contributed by atoms with E-state index in [4.69, 9.17) is 9.97 Å². The SMILES string of the molecule is CCCCCCCCCCCCCCc1cc(C)sc1-c1nc2sc(-c3sc(-c4cc5c(C(=O)N(CCCCCCCC)CCCCCCCC)c6sc(C)cc6c(C(=O)N(CCCCCCCC)CCCCCCCC)c5s4)cc3CCCCCCCCCCCCCC)nc2s1. The molecule has 6 nitrogen and oxygen atoms in total. The molecule has 7 rings (SSSR count). The first-order valence-electron chi connectivity index (χ1n) is 41.2. The van der Waals surface area contributed by atoms with Crippen LogP contribution in [-0.4, -0.2) is 57.8 Å². The van der Waals surface area contributed by atoms with Gasteiger partial charge in [-0.1, -0.05) is 334 Å². The molecule has 0 spiro atoms. The van der Waals surface area contributed by atoms with Gasteiger partial charge in [-0.15, -0.1) is 45.3 Å². The Bertz CT molecular complexity index is 3110. The number of fused-ring (bicyclic) bond motifs is 3. The topological polar surface area (TPSA) is 66.4 Å². The Morgan fingerprint density at radius 3 is 0.959 bits per heavy atom. The Labute approximate surface area is 622 Å². The van der Waals surface area contributed by atoms with E-state index < -0.39 is 0 Å². The molecule has 0 aliphatic rings. The summed E-state index contributed by atoms with van der Waals surface area (Å²) in [6.07, 6.45) is 63.2. The van der Waals surface area contributed by atoms with Crippen LogP contribution in [0.5, 0.6) is 0 Å². The van der Waals surface area contributed by atoms with Crippen molar-refractivity contribution in [3.8, 4) is 29.5 Å². The third-order valence-electron chi connectivity index (χ3n) is 20.7. The Morgan fingerprint density at radius 2 is 0.592 bits per heavy atom. The minimum atomic E-state index is 0.159. The van der Waals surface area contributed by atoms with Gasteiger partial charge in [0.1, 0.15) is 10.0 Å². The van der Waals surface area contributed by atoms with Crippen LogP contribution < -0.4 is 0 Å². The predicted molar refractivity (Wildman–Crippen MR) is 442 cm³/mol. The Morgan fingerprint density at radius 1 is 0.306 bits per heavy atom. The second-order valence-electron chi connectivity index (χ2n) is 29.5. The zero-order valence-electron chi connectivity index (χ0n) is 63.5. The summed E-state index contributed by atoms with van der Waals surface area (Å²) >= 11 is 10.9. The highest BCUT2D eigenvalue weighted by Gasteiger charge is 2.32. The lowest BCUT2D eigenvalue weighted by molar-refractivity contribution is 0.0743.